The number of thiophene rings is 1. The molecule has 0 fully saturated rings. The van der Waals surface area contributed by atoms with E-state index < -0.39 is 15.7 Å². The molecular weight excluding hydrogens is 353 g/mol. The predicted octanol–water partition coefficient (Wildman–Crippen LogP) is 4.02. The van der Waals surface area contributed by atoms with E-state index in [0.29, 0.717) is 10.0 Å². The Morgan fingerprint density at radius 3 is 2.43 bits per heavy atom. The average Bonchev–Trinajstić information content (AvgIpc) is 2.70. The number of hydrogen-bond acceptors (Lipinski definition) is 4. The van der Waals surface area contributed by atoms with Crippen LogP contribution in [-0.2, 0) is 9.84 Å². The summed E-state index contributed by atoms with van der Waals surface area (Å²) in [4.78, 5) is 12.3. The van der Waals surface area contributed by atoms with Crippen molar-refractivity contribution in [3.8, 4) is 0 Å². The van der Waals surface area contributed by atoms with Crippen molar-refractivity contribution in [3.63, 3.8) is 0 Å². The third kappa shape index (κ3) is 3.77. The van der Waals surface area contributed by atoms with Gasteiger partial charge in [-0.2, -0.15) is 0 Å². The van der Waals surface area contributed by atoms with E-state index in [1.54, 1.807) is 13.0 Å². The quantitative estimate of drug-likeness (QED) is 0.895. The van der Waals surface area contributed by atoms with Gasteiger partial charge in [0.15, 0.2) is 9.84 Å². The number of nitrogens with one attached hydrogen (secondary N) is 1. The second-order valence-corrected chi connectivity index (χ2v) is 8.74. The fraction of sp³-hybridized carbons (Fsp3) is 0.154. The summed E-state index contributed by atoms with van der Waals surface area (Å²) < 4.78 is 23.8. The Morgan fingerprint density at radius 1 is 1.24 bits per heavy atom. The van der Waals surface area contributed by atoms with Crippen molar-refractivity contribution >= 4 is 56.0 Å². The zero-order chi connectivity index (χ0) is 15.8. The highest BCUT2D eigenvalue weighted by atomic mass is 35.5. The molecule has 0 aliphatic heterocycles. The van der Waals surface area contributed by atoms with Crippen LogP contribution < -0.4 is 5.32 Å². The lowest BCUT2D eigenvalue weighted by Crippen LogP contribution is -2.13. The van der Waals surface area contributed by atoms with Crippen molar-refractivity contribution in [2.45, 2.75) is 11.8 Å². The number of hydrogen-bond donors (Lipinski definition) is 1. The number of benzene rings is 1. The Balaban J connectivity index is 2.35. The molecule has 0 unspecified atom stereocenters. The Labute approximate surface area is 136 Å². The first kappa shape index (κ1) is 16.3. The van der Waals surface area contributed by atoms with Gasteiger partial charge in [-0.05, 0) is 30.7 Å². The predicted molar refractivity (Wildman–Crippen MR) is 86.6 cm³/mol. The third-order valence-corrected chi connectivity index (χ3v) is 5.38. The molecule has 8 heteroatoms. The smallest absolute Gasteiger partial charge is 0.258 e. The van der Waals surface area contributed by atoms with Gasteiger partial charge in [-0.15, -0.1) is 11.3 Å². The number of carbonyl (C=O) groups excluding carboxylic acids is 1. The number of carbonyl (C=O) groups is 1. The molecule has 1 aromatic carbocycles. The van der Waals surface area contributed by atoms with Gasteiger partial charge >= 0.3 is 0 Å². The molecule has 0 radical (unpaired) electrons. The minimum atomic E-state index is -3.34. The molecule has 0 bridgehead atoms. The normalized spacial score (nSPS) is 11.4. The number of sulfone groups is 1. The van der Waals surface area contributed by atoms with E-state index in [4.69, 9.17) is 23.2 Å². The van der Waals surface area contributed by atoms with E-state index in [1.807, 2.05) is 0 Å². The van der Waals surface area contributed by atoms with Crippen LogP contribution in [0.1, 0.15) is 15.9 Å². The van der Waals surface area contributed by atoms with Crippen molar-refractivity contribution in [2.75, 3.05) is 11.6 Å². The van der Waals surface area contributed by atoms with Crippen molar-refractivity contribution in [3.05, 3.63) is 44.1 Å². The summed E-state index contributed by atoms with van der Waals surface area (Å²) in [6.45, 7) is 1.77. The summed E-state index contributed by atoms with van der Waals surface area (Å²) >= 11 is 12.8. The van der Waals surface area contributed by atoms with Crippen molar-refractivity contribution in [1.82, 2.24) is 0 Å². The minimum absolute atomic E-state index is 0.137. The molecule has 0 aliphatic carbocycles. The zero-order valence-corrected chi connectivity index (χ0v) is 14.3. The van der Waals surface area contributed by atoms with Crippen molar-refractivity contribution < 1.29 is 13.2 Å². The average molecular weight is 364 g/mol. The first-order chi connectivity index (χ1) is 9.68. The molecule has 1 amide bonds. The van der Waals surface area contributed by atoms with E-state index in [-0.39, 0.29) is 14.8 Å². The summed E-state index contributed by atoms with van der Waals surface area (Å²) in [5.74, 6) is -0.433. The number of anilines is 1. The number of aryl methyl sites for hydroxylation is 1. The minimum Gasteiger partial charge on any atom is -0.322 e. The number of rotatable bonds is 3. The lowest BCUT2D eigenvalue weighted by molar-refractivity contribution is 0.102. The number of halogens is 2. The Bertz CT molecular complexity index is 813. The van der Waals surface area contributed by atoms with Gasteiger partial charge in [-0.1, -0.05) is 29.3 Å². The SMILES string of the molecule is Cc1ccc(S(C)(=O)=O)cc1NC(=O)c1cc(Cl)sc1Cl. The van der Waals surface area contributed by atoms with Gasteiger partial charge in [-0.3, -0.25) is 4.79 Å². The molecule has 1 aromatic heterocycles. The summed E-state index contributed by atoms with van der Waals surface area (Å²) in [5, 5.41) is 2.65. The largest absolute Gasteiger partial charge is 0.322 e. The maximum Gasteiger partial charge on any atom is 0.258 e. The van der Waals surface area contributed by atoms with Crippen LogP contribution in [-0.4, -0.2) is 20.6 Å². The highest BCUT2D eigenvalue weighted by Gasteiger charge is 2.16. The topological polar surface area (TPSA) is 63.2 Å². The monoisotopic (exact) mass is 363 g/mol. The Kier molecular flexibility index (Phi) is 4.63. The zero-order valence-electron chi connectivity index (χ0n) is 11.1. The van der Waals surface area contributed by atoms with Crippen LogP contribution in [0.2, 0.25) is 8.67 Å². The van der Waals surface area contributed by atoms with Gasteiger partial charge in [0.05, 0.1) is 14.8 Å². The van der Waals surface area contributed by atoms with Crippen molar-refractivity contribution in [2.24, 2.45) is 0 Å². The maximum atomic E-state index is 12.2. The molecular formula is C13H11Cl2NO3S2. The molecule has 0 spiro atoms. The lowest BCUT2D eigenvalue weighted by Gasteiger charge is -2.09. The van der Waals surface area contributed by atoms with Crippen LogP contribution >= 0.6 is 34.5 Å². The summed E-state index contributed by atoms with van der Waals surface area (Å²) in [6, 6.07) is 6.02. The standard InChI is InChI=1S/C13H11Cl2NO3S2/c1-7-3-4-8(21(2,18)19)5-10(7)16-13(17)9-6-11(14)20-12(9)15/h3-6H,1-2H3,(H,16,17). The maximum absolute atomic E-state index is 12.2. The van der Waals surface area contributed by atoms with Gasteiger partial charge in [0, 0.05) is 11.9 Å². The molecule has 1 heterocycles. The summed E-state index contributed by atoms with van der Waals surface area (Å²) in [5.41, 5.74) is 1.42. The number of amides is 1. The third-order valence-electron chi connectivity index (χ3n) is 2.79. The molecule has 0 saturated carbocycles. The van der Waals surface area contributed by atoms with E-state index in [9.17, 15) is 13.2 Å². The highest BCUT2D eigenvalue weighted by molar-refractivity contribution is 7.90. The second kappa shape index (κ2) is 5.96. The van der Waals surface area contributed by atoms with Gasteiger partial charge < -0.3 is 5.32 Å². The van der Waals surface area contributed by atoms with Crippen LogP contribution in [0, 0.1) is 6.92 Å². The van der Waals surface area contributed by atoms with E-state index in [1.165, 1.54) is 18.2 Å². The Morgan fingerprint density at radius 2 is 1.90 bits per heavy atom. The van der Waals surface area contributed by atoms with Crippen molar-refractivity contribution in [1.29, 1.82) is 0 Å². The second-order valence-electron chi connectivity index (χ2n) is 4.44. The van der Waals surface area contributed by atoms with Crippen LogP contribution in [0.4, 0.5) is 5.69 Å². The van der Waals surface area contributed by atoms with Gasteiger partial charge in [0.2, 0.25) is 0 Å². The lowest BCUT2D eigenvalue weighted by atomic mass is 10.2. The first-order valence-corrected chi connectivity index (χ1v) is 9.22. The molecule has 21 heavy (non-hydrogen) atoms. The van der Waals surface area contributed by atoms with E-state index in [0.717, 1.165) is 23.2 Å². The molecule has 0 aliphatic rings. The molecule has 112 valence electrons. The summed E-state index contributed by atoms with van der Waals surface area (Å²) in [7, 11) is -3.34. The van der Waals surface area contributed by atoms with Gasteiger partial charge in [-0.25, -0.2) is 8.42 Å². The van der Waals surface area contributed by atoms with Gasteiger partial charge in [0.25, 0.3) is 5.91 Å². The molecule has 2 rings (SSSR count). The first-order valence-electron chi connectivity index (χ1n) is 5.75. The molecule has 4 nitrogen and oxygen atoms in total. The van der Waals surface area contributed by atoms with E-state index >= 15 is 0 Å². The van der Waals surface area contributed by atoms with Crippen LogP contribution in [0.15, 0.2) is 29.2 Å². The van der Waals surface area contributed by atoms with Crippen LogP contribution in [0.25, 0.3) is 0 Å². The van der Waals surface area contributed by atoms with Crippen LogP contribution in [0.3, 0.4) is 0 Å². The van der Waals surface area contributed by atoms with Crippen LogP contribution in [0.5, 0.6) is 0 Å². The Hall–Kier alpha value is -1.08. The summed E-state index contributed by atoms with van der Waals surface area (Å²) in [6.07, 6.45) is 1.11. The fourth-order valence-electron chi connectivity index (χ4n) is 1.65. The molecule has 2 aromatic rings. The molecule has 1 N–H and O–H groups in total. The van der Waals surface area contributed by atoms with Gasteiger partial charge in [0.1, 0.15) is 4.34 Å². The van der Waals surface area contributed by atoms with E-state index in [2.05, 4.69) is 5.32 Å². The fourth-order valence-corrected chi connectivity index (χ4v) is 3.76. The molecule has 0 atom stereocenters. The highest BCUT2D eigenvalue weighted by Crippen LogP contribution is 2.32. The molecule has 0 saturated heterocycles.